The number of nitrogens with two attached hydrogens (primary N) is 2. The van der Waals surface area contributed by atoms with Gasteiger partial charge in [0, 0.05) is 7.11 Å². The van der Waals surface area contributed by atoms with Gasteiger partial charge < -0.3 is 46.5 Å². The lowest BCUT2D eigenvalue weighted by Gasteiger charge is -2.28. The van der Waals surface area contributed by atoms with Crippen LogP contribution in [0.25, 0.3) is 11.0 Å². The van der Waals surface area contributed by atoms with Crippen molar-refractivity contribution in [2.24, 2.45) is 0 Å². The van der Waals surface area contributed by atoms with Gasteiger partial charge in [-0.15, -0.1) is 6.58 Å². The standard InChI is InChI=1S/C13H17FN4O3.C13H15FN4O3.CH4O/c2*1-2-13(5-19)11(20)9(14)10(21-13)7-3-4-8-12(15)16-6-17-18(7)8;1-2/h3-4,6,9-11,19-20H,2,5H2,1H3,(H2,15,16,17);2-4,6,9-11,19-20H,1,5H2,(H2,15,16,17);2H,1H3/t2*9-,10-,11-,13+;/m00./s1. The molecule has 15 nitrogen and oxygen atoms in total. The number of anilines is 2. The van der Waals surface area contributed by atoms with Gasteiger partial charge in [0.15, 0.2) is 24.0 Å². The average molecular weight is 623 g/mol. The molecule has 2 aliphatic heterocycles. The summed E-state index contributed by atoms with van der Waals surface area (Å²) in [6.07, 6.45) is -4.41. The van der Waals surface area contributed by atoms with E-state index >= 15 is 0 Å². The van der Waals surface area contributed by atoms with Gasteiger partial charge in [-0.25, -0.2) is 27.8 Å². The highest BCUT2D eigenvalue weighted by molar-refractivity contribution is 5.66. The topological polar surface area (TPSA) is 232 Å². The summed E-state index contributed by atoms with van der Waals surface area (Å²) in [6, 6.07) is 6.53. The summed E-state index contributed by atoms with van der Waals surface area (Å²) >= 11 is 0. The summed E-state index contributed by atoms with van der Waals surface area (Å²) in [5.74, 6) is 0.525. The molecule has 0 aromatic carbocycles. The molecule has 4 aromatic heterocycles. The minimum absolute atomic E-state index is 0.252. The molecule has 17 heteroatoms. The Morgan fingerprint density at radius 1 is 0.864 bits per heavy atom. The third-order valence-corrected chi connectivity index (χ3v) is 7.99. The smallest absolute Gasteiger partial charge is 0.161 e. The van der Waals surface area contributed by atoms with Gasteiger partial charge in [0.2, 0.25) is 0 Å². The van der Waals surface area contributed by atoms with Crippen molar-refractivity contribution in [3.63, 3.8) is 0 Å². The molecule has 0 radical (unpaired) electrons. The molecule has 0 unspecified atom stereocenters. The minimum Gasteiger partial charge on any atom is -0.400 e. The van der Waals surface area contributed by atoms with Crippen LogP contribution in [-0.2, 0) is 9.47 Å². The number of hydrogen-bond donors (Lipinski definition) is 7. The Bertz CT molecular complexity index is 1580. The SMILES string of the molecule is C=C[C@]1(CO)O[C@@H](c2ccc3c(N)ncnn23)[C@H](F)[C@@H]1O.CC[C@]1(CO)O[C@@H](c2ccc3c(N)ncnn23)[C@H](F)[C@@H]1O.CO. The number of alkyl halides is 2. The summed E-state index contributed by atoms with van der Waals surface area (Å²) in [5, 5.41) is 54.0. The number of aliphatic hydroxyl groups excluding tert-OH is 5. The molecule has 0 aliphatic carbocycles. The number of fused-ring (bicyclic) bond motifs is 2. The van der Waals surface area contributed by atoms with Crippen molar-refractivity contribution in [2.75, 3.05) is 31.8 Å². The second-order valence-electron chi connectivity index (χ2n) is 10.2. The van der Waals surface area contributed by atoms with Crippen molar-refractivity contribution in [2.45, 2.75) is 61.3 Å². The van der Waals surface area contributed by atoms with E-state index in [0.717, 1.165) is 7.11 Å². The molecule has 0 amide bonds. The highest BCUT2D eigenvalue weighted by Crippen LogP contribution is 2.44. The molecule has 9 N–H and O–H groups in total. The Kier molecular flexibility index (Phi) is 9.79. The van der Waals surface area contributed by atoms with Crippen LogP contribution in [0.4, 0.5) is 20.4 Å². The summed E-state index contributed by atoms with van der Waals surface area (Å²) in [7, 11) is 1.00. The predicted molar refractivity (Wildman–Crippen MR) is 153 cm³/mol. The number of nitrogen functional groups attached to an aromatic ring is 2. The third-order valence-electron chi connectivity index (χ3n) is 7.99. The number of hydrogen-bond acceptors (Lipinski definition) is 13. The fourth-order valence-electron chi connectivity index (χ4n) is 5.37. The van der Waals surface area contributed by atoms with Gasteiger partial charge >= 0.3 is 0 Å². The van der Waals surface area contributed by atoms with Crippen molar-refractivity contribution in [1.29, 1.82) is 0 Å². The summed E-state index contributed by atoms with van der Waals surface area (Å²) in [4.78, 5) is 7.71. The van der Waals surface area contributed by atoms with Crippen molar-refractivity contribution in [3.8, 4) is 0 Å². The van der Waals surface area contributed by atoms with Gasteiger partial charge in [0.05, 0.1) is 24.6 Å². The molecule has 8 atom stereocenters. The molecule has 240 valence electrons. The van der Waals surface area contributed by atoms with Crippen molar-refractivity contribution in [1.82, 2.24) is 29.2 Å². The van der Waals surface area contributed by atoms with E-state index in [4.69, 9.17) is 26.0 Å². The van der Waals surface area contributed by atoms with E-state index in [1.54, 1.807) is 31.2 Å². The summed E-state index contributed by atoms with van der Waals surface area (Å²) < 4.78 is 43.0. The molecule has 6 rings (SSSR count). The van der Waals surface area contributed by atoms with Crippen LogP contribution in [0.15, 0.2) is 49.6 Å². The molecular formula is C27H36F2N8O7. The van der Waals surface area contributed by atoms with Crippen molar-refractivity contribution < 1.29 is 43.8 Å². The maximum absolute atomic E-state index is 14.5. The number of halogens is 2. The van der Waals surface area contributed by atoms with Crippen LogP contribution in [0.2, 0.25) is 0 Å². The molecule has 2 fully saturated rings. The lowest BCUT2D eigenvalue weighted by Crippen LogP contribution is -2.44. The van der Waals surface area contributed by atoms with Crippen LogP contribution >= 0.6 is 0 Å². The number of rotatable bonds is 6. The quantitative estimate of drug-likeness (QED) is 0.139. The molecule has 4 aromatic rings. The van der Waals surface area contributed by atoms with Crippen LogP contribution in [-0.4, -0.2) is 111 Å². The molecule has 0 spiro atoms. The van der Waals surface area contributed by atoms with Crippen LogP contribution in [0.1, 0.15) is 36.9 Å². The Morgan fingerprint density at radius 2 is 1.34 bits per heavy atom. The molecule has 44 heavy (non-hydrogen) atoms. The zero-order chi connectivity index (χ0) is 32.4. The lowest BCUT2D eigenvalue weighted by molar-refractivity contribution is -0.115. The normalized spacial score (nSPS) is 31.4. The molecule has 0 saturated carbocycles. The van der Waals surface area contributed by atoms with E-state index in [-0.39, 0.29) is 11.6 Å². The first-order valence-electron chi connectivity index (χ1n) is 13.5. The summed E-state index contributed by atoms with van der Waals surface area (Å²) in [6.45, 7) is 4.20. The van der Waals surface area contributed by atoms with E-state index in [1.165, 1.54) is 27.8 Å². The summed E-state index contributed by atoms with van der Waals surface area (Å²) in [5.41, 5.74) is 10.5. The predicted octanol–water partition coefficient (Wildman–Crippen LogP) is -0.170. The largest absolute Gasteiger partial charge is 0.400 e. The monoisotopic (exact) mass is 622 g/mol. The van der Waals surface area contributed by atoms with Crippen molar-refractivity contribution in [3.05, 3.63) is 61.0 Å². The van der Waals surface area contributed by atoms with Crippen LogP contribution in [0.3, 0.4) is 0 Å². The first-order chi connectivity index (χ1) is 21.1. The van der Waals surface area contributed by atoms with E-state index < -0.39 is 61.2 Å². The molecule has 6 heterocycles. The van der Waals surface area contributed by atoms with E-state index in [2.05, 4.69) is 26.7 Å². The van der Waals surface area contributed by atoms with Gasteiger partial charge in [0.1, 0.15) is 59.3 Å². The second-order valence-corrected chi connectivity index (χ2v) is 10.2. The molecule has 2 saturated heterocycles. The van der Waals surface area contributed by atoms with E-state index in [1.807, 2.05) is 0 Å². The zero-order valence-electron chi connectivity index (χ0n) is 24.0. The third kappa shape index (κ3) is 5.25. The molecule has 0 bridgehead atoms. The maximum Gasteiger partial charge on any atom is 0.161 e. The Morgan fingerprint density at radius 3 is 1.73 bits per heavy atom. The number of ether oxygens (including phenoxy) is 2. The van der Waals surface area contributed by atoms with Crippen LogP contribution < -0.4 is 11.5 Å². The Labute approximate surface area is 250 Å². The van der Waals surface area contributed by atoms with Gasteiger partial charge in [-0.05, 0) is 30.7 Å². The number of nitrogens with zero attached hydrogens (tertiary/aromatic N) is 6. The van der Waals surface area contributed by atoms with E-state index in [9.17, 15) is 29.2 Å². The van der Waals surface area contributed by atoms with E-state index in [0.29, 0.717) is 28.8 Å². The first-order valence-corrected chi connectivity index (χ1v) is 13.5. The number of aliphatic hydroxyl groups is 5. The number of aromatic nitrogens is 6. The molecule has 2 aliphatic rings. The fourth-order valence-corrected chi connectivity index (χ4v) is 5.37. The molecular weight excluding hydrogens is 586 g/mol. The zero-order valence-corrected chi connectivity index (χ0v) is 24.0. The van der Waals surface area contributed by atoms with Gasteiger partial charge in [-0.1, -0.05) is 13.0 Å². The fraction of sp³-hybridized carbons (Fsp3) is 0.481. The lowest BCUT2D eigenvalue weighted by atomic mass is 9.93. The highest BCUT2D eigenvalue weighted by atomic mass is 19.1. The van der Waals surface area contributed by atoms with Crippen LogP contribution in [0.5, 0.6) is 0 Å². The van der Waals surface area contributed by atoms with Gasteiger partial charge in [-0.2, -0.15) is 10.2 Å². The van der Waals surface area contributed by atoms with Crippen molar-refractivity contribution >= 4 is 22.7 Å². The minimum atomic E-state index is -1.73. The maximum atomic E-state index is 14.5. The van der Waals surface area contributed by atoms with Crippen LogP contribution in [0, 0.1) is 0 Å². The second kappa shape index (κ2) is 13.0. The van der Waals surface area contributed by atoms with Gasteiger partial charge in [-0.3, -0.25) is 0 Å². The Balaban J connectivity index is 0.000000190. The average Bonchev–Trinajstić information content (AvgIpc) is 3.80. The Hall–Kier alpha value is -3.84. The van der Waals surface area contributed by atoms with Gasteiger partial charge in [0.25, 0.3) is 0 Å². The first kappa shape index (κ1) is 33.1. The highest BCUT2D eigenvalue weighted by Gasteiger charge is 2.56.